The summed E-state index contributed by atoms with van der Waals surface area (Å²) in [6, 6.07) is 19.4. The van der Waals surface area contributed by atoms with E-state index < -0.39 is 0 Å². The van der Waals surface area contributed by atoms with Crippen molar-refractivity contribution in [1.29, 1.82) is 0 Å². The number of carbonyl (C=O) groups is 1. The molecule has 0 fully saturated rings. The third-order valence-electron chi connectivity index (χ3n) is 5.37. The number of aromatic amines is 1. The lowest BCUT2D eigenvalue weighted by molar-refractivity contribution is 0.0691. The van der Waals surface area contributed by atoms with Gasteiger partial charge in [-0.15, -0.1) is 0 Å². The van der Waals surface area contributed by atoms with Crippen molar-refractivity contribution in [3.63, 3.8) is 0 Å². The van der Waals surface area contributed by atoms with Crippen LogP contribution in [0.5, 0.6) is 0 Å². The Morgan fingerprint density at radius 1 is 1.11 bits per heavy atom. The lowest BCUT2D eigenvalue weighted by Crippen LogP contribution is -2.40. The normalized spacial score (nSPS) is 16.2. The van der Waals surface area contributed by atoms with Gasteiger partial charge in [0.1, 0.15) is 0 Å². The smallest absolute Gasteiger partial charge is 0.256 e. The number of hydrogen-bond acceptors (Lipinski definition) is 2. The van der Waals surface area contributed by atoms with Crippen molar-refractivity contribution in [2.75, 3.05) is 6.54 Å². The third-order valence-corrected chi connectivity index (χ3v) is 5.60. The molecule has 1 N–H and O–H groups in total. The SMILES string of the molecule is O=C(c1cccnc1)N1CCc2c([nH]c3ccccc23)[C@H]1c1cccc(Cl)c1. The number of fused-ring (bicyclic) bond motifs is 3. The minimum absolute atomic E-state index is 0.0256. The zero-order valence-electron chi connectivity index (χ0n) is 15.1. The summed E-state index contributed by atoms with van der Waals surface area (Å²) in [6.07, 6.45) is 4.11. The largest absolute Gasteiger partial charge is 0.356 e. The van der Waals surface area contributed by atoms with Crippen LogP contribution in [0.25, 0.3) is 10.9 Å². The summed E-state index contributed by atoms with van der Waals surface area (Å²) in [4.78, 5) is 22.9. The van der Waals surface area contributed by atoms with Crippen LogP contribution in [0, 0.1) is 0 Å². The molecule has 138 valence electrons. The molecule has 0 saturated carbocycles. The molecule has 0 bridgehead atoms. The van der Waals surface area contributed by atoms with Crippen molar-refractivity contribution >= 4 is 28.4 Å². The lowest BCUT2D eigenvalue weighted by atomic mass is 9.92. The van der Waals surface area contributed by atoms with E-state index in [-0.39, 0.29) is 11.9 Å². The molecule has 1 aliphatic rings. The van der Waals surface area contributed by atoms with Gasteiger partial charge in [0, 0.05) is 40.6 Å². The van der Waals surface area contributed by atoms with Gasteiger partial charge in [0.05, 0.1) is 11.6 Å². The molecule has 0 aliphatic carbocycles. The van der Waals surface area contributed by atoms with Crippen LogP contribution in [-0.4, -0.2) is 27.3 Å². The van der Waals surface area contributed by atoms with E-state index in [1.165, 1.54) is 10.9 Å². The van der Waals surface area contributed by atoms with E-state index in [4.69, 9.17) is 11.6 Å². The number of pyridine rings is 1. The number of rotatable bonds is 2. The maximum absolute atomic E-state index is 13.3. The van der Waals surface area contributed by atoms with Gasteiger partial charge in [0.2, 0.25) is 0 Å². The second-order valence-corrected chi connectivity index (χ2v) is 7.45. The van der Waals surface area contributed by atoms with Crippen LogP contribution in [0.4, 0.5) is 0 Å². The molecule has 1 aliphatic heterocycles. The fourth-order valence-electron chi connectivity index (χ4n) is 4.14. The second kappa shape index (κ2) is 6.80. The van der Waals surface area contributed by atoms with Crippen LogP contribution in [0.15, 0.2) is 73.1 Å². The summed E-state index contributed by atoms with van der Waals surface area (Å²) in [6.45, 7) is 0.639. The number of nitrogens with zero attached hydrogens (tertiary/aromatic N) is 2. The minimum atomic E-state index is -0.220. The van der Waals surface area contributed by atoms with Crippen molar-refractivity contribution in [2.45, 2.75) is 12.5 Å². The Balaban J connectivity index is 1.68. The molecule has 2 aromatic carbocycles. The molecule has 5 rings (SSSR count). The molecule has 0 unspecified atom stereocenters. The molecule has 1 amide bonds. The van der Waals surface area contributed by atoms with E-state index in [0.717, 1.165) is 23.2 Å². The summed E-state index contributed by atoms with van der Waals surface area (Å²) >= 11 is 6.29. The molecule has 1 atom stereocenters. The summed E-state index contributed by atoms with van der Waals surface area (Å²) in [5.41, 5.74) is 5.02. The fourth-order valence-corrected chi connectivity index (χ4v) is 4.34. The van der Waals surface area contributed by atoms with E-state index in [1.807, 2.05) is 41.3 Å². The van der Waals surface area contributed by atoms with Crippen LogP contribution in [0.2, 0.25) is 5.02 Å². The van der Waals surface area contributed by atoms with E-state index >= 15 is 0 Å². The average Bonchev–Trinajstić information content (AvgIpc) is 3.12. The van der Waals surface area contributed by atoms with Gasteiger partial charge in [-0.2, -0.15) is 0 Å². The molecule has 0 spiro atoms. The molecule has 4 nitrogen and oxygen atoms in total. The molecule has 0 saturated heterocycles. The molecular formula is C23H18ClN3O. The van der Waals surface area contributed by atoms with Gasteiger partial charge in [0.25, 0.3) is 5.91 Å². The Morgan fingerprint density at radius 2 is 2.00 bits per heavy atom. The molecule has 28 heavy (non-hydrogen) atoms. The monoisotopic (exact) mass is 387 g/mol. The molecule has 0 radical (unpaired) electrons. The minimum Gasteiger partial charge on any atom is -0.356 e. The summed E-state index contributed by atoms with van der Waals surface area (Å²) in [5.74, 6) is -0.0256. The highest BCUT2D eigenvalue weighted by Crippen LogP contribution is 2.39. The first-order chi connectivity index (χ1) is 13.7. The highest BCUT2D eigenvalue weighted by Gasteiger charge is 2.35. The zero-order valence-corrected chi connectivity index (χ0v) is 15.9. The number of para-hydroxylation sites is 1. The van der Waals surface area contributed by atoms with Gasteiger partial charge in [-0.05, 0) is 47.9 Å². The van der Waals surface area contributed by atoms with Gasteiger partial charge >= 0.3 is 0 Å². The van der Waals surface area contributed by atoms with E-state index in [0.29, 0.717) is 17.1 Å². The predicted octanol–water partition coefficient (Wildman–Crippen LogP) is 5.00. The van der Waals surface area contributed by atoms with Crippen molar-refractivity contribution < 1.29 is 4.79 Å². The quantitative estimate of drug-likeness (QED) is 0.526. The van der Waals surface area contributed by atoms with E-state index in [9.17, 15) is 4.79 Å². The van der Waals surface area contributed by atoms with Crippen molar-refractivity contribution in [2.24, 2.45) is 0 Å². The highest BCUT2D eigenvalue weighted by atomic mass is 35.5. The molecule has 2 aromatic heterocycles. The number of amides is 1. The first-order valence-corrected chi connectivity index (χ1v) is 9.66. The van der Waals surface area contributed by atoms with Gasteiger partial charge in [-0.1, -0.05) is 41.9 Å². The number of benzene rings is 2. The zero-order chi connectivity index (χ0) is 19.1. The average molecular weight is 388 g/mol. The number of hydrogen-bond donors (Lipinski definition) is 1. The van der Waals surface area contributed by atoms with Crippen LogP contribution in [0.3, 0.4) is 0 Å². The Bertz CT molecular complexity index is 1170. The summed E-state index contributed by atoms with van der Waals surface area (Å²) in [5, 5.41) is 1.88. The van der Waals surface area contributed by atoms with Crippen molar-refractivity contribution in [3.8, 4) is 0 Å². The summed E-state index contributed by atoms with van der Waals surface area (Å²) < 4.78 is 0. The Hall–Kier alpha value is -3.11. The number of carbonyl (C=O) groups excluding carboxylic acids is 1. The number of H-pyrrole nitrogens is 1. The second-order valence-electron chi connectivity index (χ2n) is 7.01. The van der Waals surface area contributed by atoms with Crippen LogP contribution in [0.1, 0.15) is 33.2 Å². The Morgan fingerprint density at radius 3 is 2.82 bits per heavy atom. The Kier molecular flexibility index (Phi) is 4.14. The molecule has 4 aromatic rings. The lowest BCUT2D eigenvalue weighted by Gasteiger charge is -2.36. The highest BCUT2D eigenvalue weighted by molar-refractivity contribution is 6.30. The fraction of sp³-hybridized carbons (Fsp3) is 0.130. The van der Waals surface area contributed by atoms with Crippen molar-refractivity contribution in [3.05, 3.63) is 100 Å². The third kappa shape index (κ3) is 2.77. The van der Waals surface area contributed by atoms with Crippen LogP contribution < -0.4 is 0 Å². The molecule has 3 heterocycles. The van der Waals surface area contributed by atoms with Gasteiger partial charge in [-0.25, -0.2) is 0 Å². The van der Waals surface area contributed by atoms with E-state index in [2.05, 4.69) is 28.2 Å². The molecular weight excluding hydrogens is 370 g/mol. The van der Waals surface area contributed by atoms with Crippen LogP contribution in [-0.2, 0) is 6.42 Å². The molecule has 5 heteroatoms. The van der Waals surface area contributed by atoms with Crippen molar-refractivity contribution in [1.82, 2.24) is 14.9 Å². The van der Waals surface area contributed by atoms with Gasteiger partial charge < -0.3 is 9.88 Å². The topological polar surface area (TPSA) is 49.0 Å². The summed E-state index contributed by atoms with van der Waals surface area (Å²) in [7, 11) is 0. The maximum atomic E-state index is 13.3. The first-order valence-electron chi connectivity index (χ1n) is 9.28. The number of nitrogens with one attached hydrogen (secondary N) is 1. The predicted molar refractivity (Wildman–Crippen MR) is 111 cm³/mol. The standard InChI is InChI=1S/C23H18ClN3O/c24-17-7-3-5-15(13-17)22-21-19(18-8-1-2-9-20(18)26-21)10-12-27(22)23(28)16-6-4-11-25-14-16/h1-9,11,13-14,22,26H,10,12H2/t22-/m1/s1. The first kappa shape index (κ1) is 17.0. The van der Waals surface area contributed by atoms with E-state index in [1.54, 1.807) is 18.5 Å². The Labute approximate surface area is 167 Å². The van der Waals surface area contributed by atoms with Gasteiger partial charge in [0.15, 0.2) is 0 Å². The van der Waals surface area contributed by atoms with Crippen LogP contribution >= 0.6 is 11.6 Å². The number of aromatic nitrogens is 2. The number of halogens is 1. The maximum Gasteiger partial charge on any atom is 0.256 e. The van der Waals surface area contributed by atoms with Gasteiger partial charge in [-0.3, -0.25) is 9.78 Å².